The van der Waals surface area contributed by atoms with Crippen LogP contribution in [-0.4, -0.2) is 32.0 Å². The van der Waals surface area contributed by atoms with Crippen LogP contribution in [-0.2, 0) is 19.7 Å². The van der Waals surface area contributed by atoms with E-state index < -0.39 is 21.9 Å². The molecule has 0 radical (unpaired) electrons. The predicted molar refractivity (Wildman–Crippen MR) is 140 cm³/mol. The lowest BCUT2D eigenvalue weighted by Gasteiger charge is -2.29. The van der Waals surface area contributed by atoms with Gasteiger partial charge in [0.25, 0.3) is 11.8 Å². The van der Waals surface area contributed by atoms with E-state index in [0.29, 0.717) is 10.7 Å². The van der Waals surface area contributed by atoms with Crippen molar-refractivity contribution in [2.75, 3.05) is 11.5 Å². The molecule has 1 N–H and O–H groups in total. The van der Waals surface area contributed by atoms with Gasteiger partial charge in [0.15, 0.2) is 16.6 Å². The summed E-state index contributed by atoms with van der Waals surface area (Å²) in [4.78, 5) is 27.2. The van der Waals surface area contributed by atoms with Crippen LogP contribution in [0.5, 0.6) is 11.5 Å². The van der Waals surface area contributed by atoms with Crippen LogP contribution in [0, 0.1) is 0 Å². The van der Waals surface area contributed by atoms with Crippen LogP contribution >= 0.6 is 23.8 Å². The highest BCUT2D eigenvalue weighted by molar-refractivity contribution is 7.87. The summed E-state index contributed by atoms with van der Waals surface area (Å²) in [7, 11) is -4.25. The fourth-order valence-corrected chi connectivity index (χ4v) is 4.78. The van der Waals surface area contributed by atoms with Gasteiger partial charge in [-0.3, -0.25) is 19.8 Å². The van der Waals surface area contributed by atoms with Gasteiger partial charge in [-0.15, -0.1) is 0 Å². The first-order valence-corrected chi connectivity index (χ1v) is 12.8. The molecule has 0 bridgehead atoms. The van der Waals surface area contributed by atoms with Crippen molar-refractivity contribution in [2.45, 2.75) is 11.8 Å². The average molecular weight is 543 g/mol. The van der Waals surface area contributed by atoms with Gasteiger partial charge in [0.1, 0.15) is 10.5 Å². The van der Waals surface area contributed by atoms with Crippen molar-refractivity contribution in [1.29, 1.82) is 0 Å². The summed E-state index contributed by atoms with van der Waals surface area (Å²) < 4.78 is 37.0. The fourth-order valence-electron chi connectivity index (χ4n) is 3.39. The van der Waals surface area contributed by atoms with Gasteiger partial charge in [-0.25, -0.2) is 0 Å². The Kier molecular flexibility index (Phi) is 7.39. The van der Waals surface area contributed by atoms with Crippen LogP contribution in [0.2, 0.25) is 5.02 Å². The lowest BCUT2D eigenvalue weighted by Crippen LogP contribution is -2.54. The van der Waals surface area contributed by atoms with Gasteiger partial charge in [-0.2, -0.15) is 8.42 Å². The third-order valence-corrected chi connectivity index (χ3v) is 6.79. The van der Waals surface area contributed by atoms with Gasteiger partial charge in [-0.05, 0) is 67.7 Å². The summed E-state index contributed by atoms with van der Waals surface area (Å²) in [6.07, 6.45) is 1.24. The zero-order chi connectivity index (χ0) is 25.9. The van der Waals surface area contributed by atoms with E-state index in [4.69, 9.17) is 32.7 Å². The molecule has 1 aliphatic heterocycles. The number of carbonyl (C=O) groups excluding carboxylic acids is 2. The normalized spacial score (nSPS) is 15.1. The lowest BCUT2D eigenvalue weighted by molar-refractivity contribution is -0.122. The third-order valence-electron chi connectivity index (χ3n) is 5.02. The van der Waals surface area contributed by atoms with Crippen LogP contribution in [0.4, 0.5) is 5.69 Å². The summed E-state index contributed by atoms with van der Waals surface area (Å²) in [6.45, 7) is 1.95. The maximum absolute atomic E-state index is 13.4. The van der Waals surface area contributed by atoms with Crippen LogP contribution < -0.4 is 19.1 Å². The number of hydrogen-bond donors (Lipinski definition) is 1. The van der Waals surface area contributed by atoms with E-state index in [0.717, 1.165) is 4.90 Å². The van der Waals surface area contributed by atoms with Gasteiger partial charge in [-0.1, -0.05) is 41.9 Å². The standard InChI is InChI=1S/C25H19ClN2O6S2/c1-2-33-21-10-6-7-16(22(21)34-36(31,32)19-8-4-3-5-9-19)15-20-23(29)27-25(35)28(24(20)30)18-13-11-17(26)12-14-18/h3-15H,2H2,1H3,(H,27,29,35). The number of amides is 2. The molecular weight excluding hydrogens is 524 g/mol. The first-order valence-electron chi connectivity index (χ1n) is 10.6. The van der Waals surface area contributed by atoms with Crippen molar-refractivity contribution < 1.29 is 26.9 Å². The number of rotatable bonds is 7. The number of benzene rings is 3. The van der Waals surface area contributed by atoms with E-state index in [2.05, 4.69) is 5.32 Å². The number of anilines is 1. The zero-order valence-corrected chi connectivity index (χ0v) is 21.2. The van der Waals surface area contributed by atoms with E-state index in [1.807, 2.05) is 0 Å². The molecule has 0 unspecified atom stereocenters. The highest BCUT2D eigenvalue weighted by atomic mass is 35.5. The molecule has 4 rings (SSSR count). The second kappa shape index (κ2) is 10.5. The number of thiocarbonyl (C=S) groups is 1. The molecule has 0 spiro atoms. The fraction of sp³-hybridized carbons (Fsp3) is 0.0800. The molecule has 0 saturated carbocycles. The molecule has 1 saturated heterocycles. The summed E-state index contributed by atoms with van der Waals surface area (Å²) >= 11 is 11.2. The summed E-state index contributed by atoms with van der Waals surface area (Å²) in [5.74, 6) is -1.48. The van der Waals surface area contributed by atoms with Crippen LogP contribution in [0.25, 0.3) is 6.08 Å². The molecule has 11 heteroatoms. The van der Waals surface area contributed by atoms with Gasteiger partial charge < -0.3 is 8.92 Å². The summed E-state index contributed by atoms with van der Waals surface area (Å²) in [5.41, 5.74) is 0.253. The van der Waals surface area contributed by atoms with Gasteiger partial charge >= 0.3 is 10.1 Å². The summed E-state index contributed by atoms with van der Waals surface area (Å²) in [6, 6.07) is 18.5. The zero-order valence-electron chi connectivity index (χ0n) is 18.8. The largest absolute Gasteiger partial charge is 0.490 e. The second-order valence-electron chi connectivity index (χ2n) is 7.39. The number of carbonyl (C=O) groups is 2. The molecule has 3 aromatic rings. The molecule has 8 nitrogen and oxygen atoms in total. The number of ether oxygens (including phenoxy) is 1. The van der Waals surface area contributed by atoms with Crippen LogP contribution in [0.15, 0.2) is 83.3 Å². The highest BCUT2D eigenvalue weighted by Crippen LogP contribution is 2.36. The van der Waals surface area contributed by atoms with Crippen molar-refractivity contribution in [3.8, 4) is 11.5 Å². The van der Waals surface area contributed by atoms with E-state index in [-0.39, 0.29) is 39.3 Å². The highest BCUT2D eigenvalue weighted by Gasteiger charge is 2.35. The molecule has 36 heavy (non-hydrogen) atoms. The Labute approximate surface area is 218 Å². The number of halogens is 1. The molecule has 3 aromatic carbocycles. The Morgan fingerprint density at radius 1 is 1.00 bits per heavy atom. The van der Waals surface area contributed by atoms with E-state index >= 15 is 0 Å². The Morgan fingerprint density at radius 3 is 2.36 bits per heavy atom. The predicted octanol–water partition coefficient (Wildman–Crippen LogP) is 4.34. The third kappa shape index (κ3) is 5.25. The Bertz CT molecular complexity index is 1470. The van der Waals surface area contributed by atoms with E-state index in [9.17, 15) is 18.0 Å². The van der Waals surface area contributed by atoms with Crippen LogP contribution in [0.1, 0.15) is 12.5 Å². The molecule has 2 amide bonds. The van der Waals surface area contributed by atoms with Crippen molar-refractivity contribution >= 4 is 62.6 Å². The monoisotopic (exact) mass is 542 g/mol. The SMILES string of the molecule is CCOc1cccc(C=C2C(=O)NC(=S)N(c3ccc(Cl)cc3)C2=O)c1OS(=O)(=O)c1ccccc1. The van der Waals surface area contributed by atoms with Gasteiger partial charge in [0, 0.05) is 10.6 Å². The average Bonchev–Trinajstić information content (AvgIpc) is 2.85. The molecule has 0 atom stereocenters. The number of nitrogens with zero attached hydrogens (tertiary/aromatic N) is 1. The molecule has 184 valence electrons. The van der Waals surface area contributed by atoms with E-state index in [1.165, 1.54) is 30.3 Å². The van der Waals surface area contributed by atoms with Crippen molar-refractivity contribution in [1.82, 2.24) is 5.32 Å². The smallest absolute Gasteiger partial charge is 0.339 e. The first-order chi connectivity index (χ1) is 17.2. The lowest BCUT2D eigenvalue weighted by atomic mass is 10.1. The molecule has 0 aromatic heterocycles. The van der Waals surface area contributed by atoms with Gasteiger partial charge in [0.05, 0.1) is 12.3 Å². The minimum atomic E-state index is -4.25. The van der Waals surface area contributed by atoms with Gasteiger partial charge in [0.2, 0.25) is 0 Å². The van der Waals surface area contributed by atoms with Crippen molar-refractivity contribution in [2.24, 2.45) is 0 Å². The van der Waals surface area contributed by atoms with Crippen LogP contribution in [0.3, 0.4) is 0 Å². The molecular formula is C25H19ClN2O6S2. The van der Waals surface area contributed by atoms with Crippen molar-refractivity contribution in [3.05, 3.63) is 89.0 Å². The first kappa shape index (κ1) is 25.4. The number of hydrogen-bond acceptors (Lipinski definition) is 7. The second-order valence-corrected chi connectivity index (χ2v) is 9.76. The Morgan fingerprint density at radius 2 is 1.69 bits per heavy atom. The molecule has 1 fully saturated rings. The maximum atomic E-state index is 13.4. The molecule has 1 heterocycles. The molecule has 1 aliphatic rings. The summed E-state index contributed by atoms with van der Waals surface area (Å²) in [5, 5.41) is 2.84. The number of para-hydroxylation sites is 1. The Hall–Kier alpha value is -3.73. The molecule has 0 aliphatic carbocycles. The minimum absolute atomic E-state index is 0.0688. The van der Waals surface area contributed by atoms with E-state index in [1.54, 1.807) is 55.5 Å². The topological polar surface area (TPSA) is 102 Å². The Balaban J connectivity index is 1.79. The van der Waals surface area contributed by atoms with Crippen molar-refractivity contribution in [3.63, 3.8) is 0 Å². The minimum Gasteiger partial charge on any atom is -0.490 e. The quantitative estimate of drug-likeness (QED) is 0.205. The number of nitrogens with one attached hydrogen (secondary N) is 1. The maximum Gasteiger partial charge on any atom is 0.339 e.